The third-order valence-corrected chi connectivity index (χ3v) is 4.96. The predicted molar refractivity (Wildman–Crippen MR) is 78.8 cm³/mol. The summed E-state index contributed by atoms with van der Waals surface area (Å²) >= 11 is 0. The van der Waals surface area contributed by atoms with E-state index in [4.69, 9.17) is 0 Å². The molecule has 4 rings (SSSR count). The number of benzene rings is 1. The zero-order chi connectivity index (χ0) is 13.5. The summed E-state index contributed by atoms with van der Waals surface area (Å²) < 4.78 is 0. The Labute approximate surface area is 119 Å². The Morgan fingerprint density at radius 2 is 1.90 bits per heavy atom. The molecule has 0 radical (unpaired) electrons. The molecule has 1 N–H and O–H groups in total. The molecule has 102 valence electrons. The molecule has 1 aromatic carbocycles. The van der Waals surface area contributed by atoms with Crippen LogP contribution in [-0.4, -0.2) is 16.2 Å². The summed E-state index contributed by atoms with van der Waals surface area (Å²) in [6.45, 7) is 0. The number of pyridine rings is 1. The van der Waals surface area contributed by atoms with Gasteiger partial charge in [-0.3, -0.25) is 4.98 Å². The van der Waals surface area contributed by atoms with E-state index in [1.54, 1.807) is 0 Å². The van der Waals surface area contributed by atoms with Gasteiger partial charge in [-0.25, -0.2) is 0 Å². The summed E-state index contributed by atoms with van der Waals surface area (Å²) in [6.07, 6.45) is 5.90. The van der Waals surface area contributed by atoms with Crippen LogP contribution in [0.25, 0.3) is 0 Å². The monoisotopic (exact) mass is 265 g/mol. The van der Waals surface area contributed by atoms with E-state index >= 15 is 0 Å². The first-order valence-electron chi connectivity index (χ1n) is 7.54. The Bertz CT molecular complexity index is 637. The molecule has 0 fully saturated rings. The highest BCUT2D eigenvalue weighted by Crippen LogP contribution is 2.44. The van der Waals surface area contributed by atoms with Crippen molar-refractivity contribution in [2.75, 3.05) is 0 Å². The molecule has 0 aliphatic heterocycles. The second-order valence-corrected chi connectivity index (χ2v) is 6.05. The molecule has 0 amide bonds. The summed E-state index contributed by atoms with van der Waals surface area (Å²) in [5, 5.41) is 10.8. The van der Waals surface area contributed by atoms with Crippen LogP contribution in [0.3, 0.4) is 0 Å². The lowest BCUT2D eigenvalue weighted by atomic mass is 9.68. The Hall–Kier alpha value is -1.67. The molecule has 3 unspecified atom stereocenters. The molecule has 3 atom stereocenters. The van der Waals surface area contributed by atoms with Gasteiger partial charge in [-0.05, 0) is 48.4 Å². The van der Waals surface area contributed by atoms with Crippen LogP contribution in [0.5, 0.6) is 0 Å². The fraction of sp³-hybridized carbons (Fsp3) is 0.389. The Morgan fingerprint density at radius 1 is 1.05 bits per heavy atom. The van der Waals surface area contributed by atoms with Gasteiger partial charge >= 0.3 is 0 Å². The lowest BCUT2D eigenvalue weighted by molar-refractivity contribution is 0.0950. The average molecular weight is 265 g/mol. The van der Waals surface area contributed by atoms with Gasteiger partial charge in [-0.1, -0.05) is 30.3 Å². The van der Waals surface area contributed by atoms with Crippen LogP contribution in [-0.2, 0) is 12.8 Å². The van der Waals surface area contributed by atoms with Gasteiger partial charge < -0.3 is 5.11 Å². The first-order valence-corrected chi connectivity index (χ1v) is 7.54. The number of aryl methyl sites for hydroxylation is 1. The highest BCUT2D eigenvalue weighted by Gasteiger charge is 2.38. The Kier molecular flexibility index (Phi) is 2.85. The normalized spacial score (nSPS) is 25.2. The van der Waals surface area contributed by atoms with Crippen molar-refractivity contribution in [2.45, 2.75) is 43.6 Å². The molecular weight excluding hydrogens is 246 g/mol. The van der Waals surface area contributed by atoms with E-state index < -0.39 is 0 Å². The SMILES string of the molecule is OC(C1Cc2ccccc21)C1CCCc2cccnc21. The largest absolute Gasteiger partial charge is 0.392 e. The zero-order valence-corrected chi connectivity index (χ0v) is 11.5. The topological polar surface area (TPSA) is 33.1 Å². The molecule has 2 aliphatic carbocycles. The lowest BCUT2D eigenvalue weighted by Crippen LogP contribution is -2.35. The van der Waals surface area contributed by atoms with Crippen LogP contribution >= 0.6 is 0 Å². The van der Waals surface area contributed by atoms with E-state index in [-0.39, 0.29) is 12.0 Å². The van der Waals surface area contributed by atoms with Gasteiger partial charge in [0.1, 0.15) is 0 Å². The minimum absolute atomic E-state index is 0.207. The third kappa shape index (κ3) is 1.79. The molecule has 2 aromatic rings. The minimum atomic E-state index is -0.293. The van der Waals surface area contributed by atoms with E-state index in [1.165, 1.54) is 16.7 Å². The van der Waals surface area contributed by atoms with Gasteiger partial charge in [0.15, 0.2) is 0 Å². The first-order chi connectivity index (χ1) is 9.84. The first kappa shape index (κ1) is 12.1. The van der Waals surface area contributed by atoms with Crippen molar-refractivity contribution in [3.8, 4) is 0 Å². The summed E-state index contributed by atoms with van der Waals surface area (Å²) in [5.41, 5.74) is 5.20. The van der Waals surface area contributed by atoms with Crippen LogP contribution in [0.4, 0.5) is 0 Å². The molecule has 0 saturated heterocycles. The number of fused-ring (bicyclic) bond motifs is 2. The van der Waals surface area contributed by atoms with Crippen molar-refractivity contribution >= 4 is 0 Å². The van der Waals surface area contributed by atoms with Crippen LogP contribution in [0, 0.1) is 0 Å². The maximum absolute atomic E-state index is 10.8. The van der Waals surface area contributed by atoms with E-state index in [0.29, 0.717) is 5.92 Å². The smallest absolute Gasteiger partial charge is 0.0695 e. The molecule has 0 bridgehead atoms. The summed E-state index contributed by atoms with van der Waals surface area (Å²) in [7, 11) is 0. The zero-order valence-electron chi connectivity index (χ0n) is 11.5. The van der Waals surface area contributed by atoms with Crippen molar-refractivity contribution in [1.29, 1.82) is 0 Å². The molecule has 0 saturated carbocycles. The van der Waals surface area contributed by atoms with E-state index in [1.807, 2.05) is 12.3 Å². The van der Waals surface area contributed by atoms with E-state index in [2.05, 4.69) is 35.3 Å². The summed E-state index contributed by atoms with van der Waals surface area (Å²) in [5.74, 6) is 0.502. The van der Waals surface area contributed by atoms with E-state index in [0.717, 1.165) is 31.4 Å². The van der Waals surface area contributed by atoms with Gasteiger partial charge in [0, 0.05) is 23.7 Å². The highest BCUT2D eigenvalue weighted by molar-refractivity contribution is 5.42. The second kappa shape index (κ2) is 4.71. The predicted octanol–water partition coefficient (Wildman–Crippen LogP) is 3.20. The summed E-state index contributed by atoms with van der Waals surface area (Å²) in [4.78, 5) is 4.56. The Morgan fingerprint density at radius 3 is 2.80 bits per heavy atom. The molecule has 2 aliphatic rings. The van der Waals surface area contributed by atoms with Crippen molar-refractivity contribution in [3.63, 3.8) is 0 Å². The second-order valence-electron chi connectivity index (χ2n) is 6.05. The van der Waals surface area contributed by atoms with Crippen molar-refractivity contribution in [2.24, 2.45) is 0 Å². The molecular formula is C18H19NO. The number of hydrogen-bond acceptors (Lipinski definition) is 2. The number of aromatic nitrogens is 1. The number of nitrogens with zero attached hydrogens (tertiary/aromatic N) is 1. The van der Waals surface area contributed by atoms with Crippen LogP contribution in [0.2, 0.25) is 0 Å². The van der Waals surface area contributed by atoms with Crippen LogP contribution in [0.1, 0.15) is 47.1 Å². The summed E-state index contributed by atoms with van der Waals surface area (Å²) in [6, 6.07) is 12.7. The van der Waals surface area contributed by atoms with Crippen molar-refractivity contribution < 1.29 is 5.11 Å². The number of aliphatic hydroxyl groups excluding tert-OH is 1. The minimum Gasteiger partial charge on any atom is -0.392 e. The van der Waals surface area contributed by atoms with Crippen LogP contribution in [0.15, 0.2) is 42.6 Å². The van der Waals surface area contributed by atoms with Crippen molar-refractivity contribution in [3.05, 3.63) is 65.0 Å². The molecule has 2 heteroatoms. The molecule has 1 heterocycles. The van der Waals surface area contributed by atoms with Gasteiger partial charge in [0.25, 0.3) is 0 Å². The van der Waals surface area contributed by atoms with Gasteiger partial charge in [0.05, 0.1) is 6.10 Å². The van der Waals surface area contributed by atoms with Gasteiger partial charge in [-0.15, -0.1) is 0 Å². The van der Waals surface area contributed by atoms with Gasteiger partial charge in [0.2, 0.25) is 0 Å². The van der Waals surface area contributed by atoms with Crippen molar-refractivity contribution in [1.82, 2.24) is 4.98 Å². The quantitative estimate of drug-likeness (QED) is 0.904. The maximum Gasteiger partial charge on any atom is 0.0695 e. The molecule has 2 nitrogen and oxygen atoms in total. The standard InChI is InChI=1S/C18H19NO/c20-18(16-11-13-5-1-2-8-14(13)16)15-9-3-6-12-7-4-10-19-17(12)15/h1-2,4-5,7-8,10,15-16,18,20H,3,6,9,11H2. The fourth-order valence-corrected chi connectivity index (χ4v) is 3.86. The van der Waals surface area contributed by atoms with Gasteiger partial charge in [-0.2, -0.15) is 0 Å². The number of rotatable bonds is 2. The molecule has 0 spiro atoms. The maximum atomic E-state index is 10.8. The molecule has 20 heavy (non-hydrogen) atoms. The average Bonchev–Trinajstić information content (AvgIpc) is 2.48. The van der Waals surface area contributed by atoms with E-state index in [9.17, 15) is 5.11 Å². The lowest BCUT2D eigenvalue weighted by Gasteiger charge is -2.39. The third-order valence-electron chi connectivity index (χ3n) is 4.96. The number of aliphatic hydroxyl groups is 1. The number of hydrogen-bond donors (Lipinski definition) is 1. The highest BCUT2D eigenvalue weighted by atomic mass is 16.3. The fourth-order valence-electron chi connectivity index (χ4n) is 3.86. The molecule has 1 aromatic heterocycles. The Balaban J connectivity index is 1.64. The van der Waals surface area contributed by atoms with Crippen LogP contribution < -0.4 is 0 Å².